The number of hydrazine groups is 1. The first-order valence-corrected chi connectivity index (χ1v) is 13.0. The first kappa shape index (κ1) is 30.9. The van der Waals surface area contributed by atoms with Gasteiger partial charge in [-0.1, -0.05) is 11.6 Å². The number of aromatic nitrogens is 1. The summed E-state index contributed by atoms with van der Waals surface area (Å²) in [5, 5.41) is -0.119. The van der Waals surface area contributed by atoms with Gasteiger partial charge in [-0.2, -0.15) is 0 Å². The van der Waals surface area contributed by atoms with Gasteiger partial charge in [-0.25, -0.2) is 14.2 Å². The largest absolute Gasteiger partial charge is 0.488 e. The van der Waals surface area contributed by atoms with Crippen LogP contribution in [0.3, 0.4) is 0 Å². The van der Waals surface area contributed by atoms with E-state index in [1.54, 1.807) is 34.6 Å². The van der Waals surface area contributed by atoms with E-state index in [1.807, 2.05) is 13.8 Å². The monoisotopic (exact) mass is 580 g/mol. The first-order chi connectivity index (χ1) is 18.6. The Morgan fingerprint density at radius 2 is 1.88 bits per heavy atom. The Hall–Kier alpha value is -3.64. The molecule has 40 heavy (non-hydrogen) atoms. The summed E-state index contributed by atoms with van der Waals surface area (Å²) >= 11 is 6.23. The van der Waals surface area contributed by atoms with Gasteiger partial charge < -0.3 is 18.9 Å². The zero-order valence-electron chi connectivity index (χ0n) is 23.5. The van der Waals surface area contributed by atoms with E-state index < -0.39 is 41.1 Å². The van der Waals surface area contributed by atoms with Crippen LogP contribution in [-0.2, 0) is 9.47 Å². The third-order valence-electron chi connectivity index (χ3n) is 5.51. The summed E-state index contributed by atoms with van der Waals surface area (Å²) in [6.45, 7) is 12.4. The molecule has 218 valence electrons. The van der Waals surface area contributed by atoms with Crippen LogP contribution in [0, 0.1) is 5.82 Å². The lowest BCUT2D eigenvalue weighted by molar-refractivity contribution is -0.0637. The number of pyridine rings is 1. The molecule has 2 N–H and O–H groups in total. The van der Waals surface area contributed by atoms with Crippen molar-refractivity contribution in [3.8, 4) is 11.6 Å². The number of halogens is 2. The van der Waals surface area contributed by atoms with E-state index >= 15 is 0 Å². The number of carbonyl (C=O) groups is 3. The summed E-state index contributed by atoms with van der Waals surface area (Å²) in [6.07, 6.45) is 0.620. The van der Waals surface area contributed by atoms with E-state index in [1.165, 1.54) is 23.2 Å². The highest BCUT2D eigenvalue weighted by molar-refractivity contribution is 6.34. The number of ether oxygens (including phenoxy) is 4. The molecule has 2 aromatic rings. The Morgan fingerprint density at radius 3 is 2.48 bits per heavy atom. The van der Waals surface area contributed by atoms with Crippen molar-refractivity contribution in [2.24, 2.45) is 0 Å². The average molecular weight is 581 g/mol. The van der Waals surface area contributed by atoms with Crippen molar-refractivity contribution in [1.82, 2.24) is 20.7 Å². The minimum atomic E-state index is -0.959. The molecule has 0 unspecified atom stereocenters. The van der Waals surface area contributed by atoms with Gasteiger partial charge in [0.05, 0.1) is 34.9 Å². The number of hydrogen-bond donors (Lipinski definition) is 2. The van der Waals surface area contributed by atoms with Crippen LogP contribution >= 0.6 is 11.6 Å². The maximum atomic E-state index is 14.9. The van der Waals surface area contributed by atoms with Gasteiger partial charge in [0.1, 0.15) is 17.9 Å². The van der Waals surface area contributed by atoms with Crippen molar-refractivity contribution >= 4 is 29.5 Å². The van der Waals surface area contributed by atoms with E-state index in [2.05, 4.69) is 15.8 Å². The summed E-state index contributed by atoms with van der Waals surface area (Å²) in [7, 11) is 0. The molecule has 1 aliphatic heterocycles. The van der Waals surface area contributed by atoms with E-state index in [-0.39, 0.29) is 41.2 Å². The van der Waals surface area contributed by atoms with Gasteiger partial charge in [-0.3, -0.25) is 25.3 Å². The van der Waals surface area contributed by atoms with Crippen LogP contribution < -0.4 is 20.3 Å². The SMILES string of the molecule is CC(C)Oc1ccc(C(=O)NNC(=O)c2cc(F)c(OC[C@H]3COC(C)(C)N3C(=O)OC(C)(C)C)cc2Cl)cn1. The van der Waals surface area contributed by atoms with Crippen molar-refractivity contribution in [2.75, 3.05) is 13.2 Å². The second kappa shape index (κ2) is 12.3. The molecule has 11 nitrogen and oxygen atoms in total. The molecule has 0 aliphatic carbocycles. The van der Waals surface area contributed by atoms with Crippen molar-refractivity contribution in [1.29, 1.82) is 0 Å². The second-order valence-electron chi connectivity index (χ2n) is 10.8. The van der Waals surface area contributed by atoms with Crippen molar-refractivity contribution < 1.29 is 37.7 Å². The van der Waals surface area contributed by atoms with Gasteiger partial charge in [0, 0.05) is 18.3 Å². The van der Waals surface area contributed by atoms with E-state index in [0.717, 1.165) is 12.1 Å². The number of rotatable bonds is 7. The van der Waals surface area contributed by atoms with E-state index in [4.69, 9.17) is 30.5 Å². The molecule has 1 aromatic carbocycles. The van der Waals surface area contributed by atoms with Crippen LogP contribution in [0.1, 0.15) is 69.2 Å². The highest BCUT2D eigenvalue weighted by atomic mass is 35.5. The molecule has 1 saturated heterocycles. The highest BCUT2D eigenvalue weighted by Gasteiger charge is 2.46. The Morgan fingerprint density at radius 1 is 1.20 bits per heavy atom. The zero-order chi connectivity index (χ0) is 29.8. The fraction of sp³-hybridized carbons (Fsp3) is 0.481. The smallest absolute Gasteiger partial charge is 0.413 e. The maximum absolute atomic E-state index is 14.9. The van der Waals surface area contributed by atoms with Crippen LogP contribution in [0.15, 0.2) is 30.5 Å². The first-order valence-electron chi connectivity index (χ1n) is 12.6. The minimum Gasteiger partial charge on any atom is -0.488 e. The van der Waals surface area contributed by atoms with Gasteiger partial charge in [0.25, 0.3) is 11.8 Å². The Balaban J connectivity index is 1.62. The highest BCUT2D eigenvalue weighted by Crippen LogP contribution is 2.31. The number of benzene rings is 1. The second-order valence-corrected chi connectivity index (χ2v) is 11.2. The Labute approximate surface area is 237 Å². The number of nitrogens with zero attached hydrogens (tertiary/aromatic N) is 2. The van der Waals surface area contributed by atoms with Gasteiger partial charge in [-0.05, 0) is 60.6 Å². The molecule has 0 bridgehead atoms. The third-order valence-corrected chi connectivity index (χ3v) is 5.82. The van der Waals surface area contributed by atoms with Crippen LogP contribution in [0.5, 0.6) is 11.6 Å². The van der Waals surface area contributed by atoms with E-state index in [9.17, 15) is 18.8 Å². The molecule has 0 saturated carbocycles. The molecule has 1 atom stereocenters. The molecule has 3 rings (SSSR count). The molecular formula is C27H34ClFN4O7. The van der Waals surface area contributed by atoms with Gasteiger partial charge in [-0.15, -0.1) is 0 Å². The minimum absolute atomic E-state index is 0.0794. The van der Waals surface area contributed by atoms with Crippen molar-refractivity contribution in [2.45, 2.75) is 71.9 Å². The summed E-state index contributed by atoms with van der Waals surface area (Å²) in [5.41, 5.74) is 2.67. The van der Waals surface area contributed by atoms with Crippen LogP contribution in [0.4, 0.5) is 9.18 Å². The summed E-state index contributed by atoms with van der Waals surface area (Å²) in [5.74, 6) is -2.24. The quantitative estimate of drug-likeness (QED) is 0.459. The van der Waals surface area contributed by atoms with Gasteiger partial charge in [0.2, 0.25) is 5.88 Å². The summed E-state index contributed by atoms with van der Waals surface area (Å²) in [4.78, 5) is 43.1. The molecule has 0 spiro atoms. The zero-order valence-corrected chi connectivity index (χ0v) is 24.2. The standard InChI is InChI=1S/C27H34ClFN4O7/c1-15(2)39-22-9-8-16(12-30-22)23(34)31-32-24(35)18-10-20(29)21(11-19(18)28)37-13-17-14-38-27(6,7)33(17)25(36)40-26(3,4)5/h8-12,15,17H,13-14H2,1-7H3,(H,31,34)(H,32,35)/t17-/m0/s1. The van der Waals surface area contributed by atoms with E-state index in [0.29, 0.717) is 5.88 Å². The normalized spacial score (nSPS) is 16.4. The number of amides is 3. The van der Waals surface area contributed by atoms with Crippen LogP contribution in [0.2, 0.25) is 5.02 Å². The molecule has 1 aromatic heterocycles. The lowest BCUT2D eigenvalue weighted by Crippen LogP contribution is -2.51. The fourth-order valence-electron chi connectivity index (χ4n) is 3.76. The third kappa shape index (κ3) is 7.95. The van der Waals surface area contributed by atoms with Crippen molar-refractivity contribution in [3.63, 3.8) is 0 Å². The average Bonchev–Trinajstić information content (AvgIpc) is 3.15. The fourth-order valence-corrected chi connectivity index (χ4v) is 4.00. The molecule has 0 radical (unpaired) electrons. The number of hydrogen-bond acceptors (Lipinski definition) is 8. The molecule has 1 fully saturated rings. The Kier molecular flexibility index (Phi) is 9.47. The lowest BCUT2D eigenvalue weighted by atomic mass is 10.2. The Bertz CT molecular complexity index is 1250. The molecular weight excluding hydrogens is 547 g/mol. The van der Waals surface area contributed by atoms with Gasteiger partial charge >= 0.3 is 6.09 Å². The summed E-state index contributed by atoms with van der Waals surface area (Å²) < 4.78 is 37.1. The van der Waals surface area contributed by atoms with Crippen molar-refractivity contribution in [3.05, 3.63) is 52.4 Å². The van der Waals surface area contributed by atoms with Crippen LogP contribution in [0.25, 0.3) is 0 Å². The number of nitrogens with one attached hydrogen (secondary N) is 2. The molecule has 13 heteroatoms. The molecule has 3 amide bonds. The predicted octanol–water partition coefficient (Wildman–Crippen LogP) is 4.49. The molecule has 1 aliphatic rings. The predicted molar refractivity (Wildman–Crippen MR) is 144 cm³/mol. The lowest BCUT2D eigenvalue weighted by Gasteiger charge is -2.35. The molecule has 2 heterocycles. The number of carbonyl (C=O) groups excluding carboxylic acids is 3. The van der Waals surface area contributed by atoms with Gasteiger partial charge in [0.15, 0.2) is 11.6 Å². The van der Waals surface area contributed by atoms with Crippen LogP contribution in [-0.4, -0.2) is 64.5 Å². The maximum Gasteiger partial charge on any atom is 0.413 e. The summed E-state index contributed by atoms with van der Waals surface area (Å²) in [6, 6.07) is 4.46. The topological polar surface area (TPSA) is 128 Å².